The first kappa shape index (κ1) is 11.6. The molecule has 1 aromatic heterocycles. The molecule has 0 aliphatic rings. The molecule has 0 fully saturated rings. The van der Waals surface area contributed by atoms with Crippen molar-refractivity contribution in [3.05, 3.63) is 18.2 Å². The summed E-state index contributed by atoms with van der Waals surface area (Å²) >= 11 is 0. The van der Waals surface area contributed by atoms with Crippen molar-refractivity contribution < 1.29 is 19.2 Å². The van der Waals surface area contributed by atoms with Crippen molar-refractivity contribution in [3.63, 3.8) is 0 Å². The summed E-state index contributed by atoms with van der Waals surface area (Å²) in [6.07, 6.45) is 2.69. The topological polar surface area (TPSA) is 55.3 Å². The van der Waals surface area contributed by atoms with Gasteiger partial charge in [0.15, 0.2) is 0 Å². The second kappa shape index (κ2) is 4.82. The Labute approximate surface area is 88.9 Å². The molecule has 84 valence electrons. The van der Waals surface area contributed by atoms with Crippen LogP contribution in [-0.4, -0.2) is 22.4 Å². The van der Waals surface area contributed by atoms with Crippen molar-refractivity contribution in [3.8, 4) is 0 Å². The monoisotopic (exact) mass is 213 g/mol. The lowest BCUT2D eigenvalue weighted by atomic mass is 10.4. The minimum Gasteiger partial charge on any atom is -0.450 e. The van der Waals surface area contributed by atoms with Crippen molar-refractivity contribution in [2.24, 2.45) is 0 Å². The van der Waals surface area contributed by atoms with E-state index in [-0.39, 0.29) is 6.61 Å². The van der Waals surface area contributed by atoms with Gasteiger partial charge in [0.25, 0.3) is 5.82 Å². The van der Waals surface area contributed by atoms with Gasteiger partial charge in [0.1, 0.15) is 25.5 Å². The third kappa shape index (κ3) is 2.97. The molecule has 0 aromatic carbocycles. The predicted octanol–water partition coefficient (Wildman–Crippen LogP) is 1.36. The summed E-state index contributed by atoms with van der Waals surface area (Å²) in [5.74, 6) is 1.10. The smallest absolute Gasteiger partial charge is 0.450 e. The highest BCUT2D eigenvalue weighted by atomic mass is 16.7. The number of aromatic nitrogens is 2. The Bertz CT molecular complexity index is 344. The maximum atomic E-state index is 10.2. The Kier molecular flexibility index (Phi) is 3.71. The molecule has 0 amide bonds. The molecule has 0 radical (unpaired) electrons. The average molecular weight is 213 g/mol. The van der Waals surface area contributed by atoms with E-state index in [1.54, 1.807) is 0 Å². The maximum absolute atomic E-state index is 10.2. The van der Waals surface area contributed by atoms with E-state index < -0.39 is 6.16 Å². The summed E-state index contributed by atoms with van der Waals surface area (Å²) in [7, 11) is 0. The Morgan fingerprint density at radius 2 is 2.33 bits per heavy atom. The van der Waals surface area contributed by atoms with Gasteiger partial charge in [0, 0.05) is 6.92 Å². The summed E-state index contributed by atoms with van der Waals surface area (Å²) < 4.78 is 8.56. The fourth-order valence-corrected chi connectivity index (χ4v) is 1.53. The average Bonchev–Trinajstić information content (AvgIpc) is 2.47. The Morgan fingerprint density at radius 1 is 1.67 bits per heavy atom. The molecule has 0 bridgehead atoms. The van der Waals surface area contributed by atoms with Gasteiger partial charge in [-0.25, -0.2) is 13.9 Å². The first-order valence-corrected chi connectivity index (χ1v) is 4.95. The lowest BCUT2D eigenvalue weighted by Gasteiger charge is -2.03. The number of carbonyl (C=O) groups is 1. The van der Waals surface area contributed by atoms with Crippen LogP contribution in [0.15, 0.2) is 12.4 Å². The third-order valence-corrected chi connectivity index (χ3v) is 2.31. The van der Waals surface area contributed by atoms with Crippen LogP contribution in [0.25, 0.3) is 0 Å². The molecule has 1 aromatic rings. The van der Waals surface area contributed by atoms with Crippen molar-refractivity contribution in [2.45, 2.75) is 33.4 Å². The van der Waals surface area contributed by atoms with E-state index in [9.17, 15) is 4.79 Å². The minimum atomic E-state index is -1.23. The van der Waals surface area contributed by atoms with E-state index in [0.717, 1.165) is 5.82 Å². The second-order valence-electron chi connectivity index (χ2n) is 3.65. The normalized spacial score (nSPS) is 10.7. The van der Waals surface area contributed by atoms with Crippen molar-refractivity contribution in [1.82, 2.24) is 4.57 Å². The Morgan fingerprint density at radius 3 is 2.80 bits per heavy atom. The summed E-state index contributed by atoms with van der Waals surface area (Å²) in [5, 5.41) is 8.32. The number of nitrogens with zero attached hydrogens (tertiary/aromatic N) is 2. The van der Waals surface area contributed by atoms with Gasteiger partial charge in [-0.05, 0) is 13.8 Å². The maximum Gasteiger partial charge on any atom is 0.505 e. The number of hydrogen-bond acceptors (Lipinski definition) is 2. The SMILES string of the molecule is Cc1n(C(C)C)cc[n+]1CCOC(=O)O. The van der Waals surface area contributed by atoms with Gasteiger partial charge < -0.3 is 9.84 Å². The molecule has 5 nitrogen and oxygen atoms in total. The summed E-state index contributed by atoms with van der Waals surface area (Å²) in [5.41, 5.74) is 0. The molecule has 15 heavy (non-hydrogen) atoms. The van der Waals surface area contributed by atoms with Gasteiger partial charge in [0.05, 0.1) is 6.04 Å². The lowest BCUT2D eigenvalue weighted by Crippen LogP contribution is -2.38. The lowest BCUT2D eigenvalue weighted by molar-refractivity contribution is -0.703. The molecule has 1 rings (SSSR count). The van der Waals surface area contributed by atoms with Crippen molar-refractivity contribution in [1.29, 1.82) is 0 Å². The summed E-state index contributed by atoms with van der Waals surface area (Å²) in [6, 6.07) is 0.409. The third-order valence-electron chi connectivity index (χ3n) is 2.31. The summed E-state index contributed by atoms with van der Waals surface area (Å²) in [4.78, 5) is 10.2. The molecule has 0 atom stereocenters. The number of rotatable bonds is 4. The molecule has 0 aliphatic heterocycles. The van der Waals surface area contributed by atoms with E-state index in [1.807, 2.05) is 23.9 Å². The van der Waals surface area contributed by atoms with Gasteiger partial charge in [-0.1, -0.05) is 0 Å². The molecule has 0 spiro atoms. The molecule has 5 heteroatoms. The van der Waals surface area contributed by atoms with Crippen LogP contribution in [-0.2, 0) is 11.3 Å². The Hall–Kier alpha value is -1.52. The van der Waals surface area contributed by atoms with Gasteiger partial charge in [-0.3, -0.25) is 0 Å². The first-order chi connectivity index (χ1) is 7.02. The fraction of sp³-hybridized carbons (Fsp3) is 0.600. The highest BCUT2D eigenvalue weighted by Gasteiger charge is 2.14. The second-order valence-corrected chi connectivity index (χ2v) is 3.65. The number of carboxylic acid groups (broad SMARTS) is 1. The molecule has 0 unspecified atom stereocenters. The van der Waals surface area contributed by atoms with E-state index in [0.29, 0.717) is 12.6 Å². The van der Waals surface area contributed by atoms with Crippen molar-refractivity contribution >= 4 is 6.16 Å². The number of ether oxygens (including phenoxy) is 1. The zero-order chi connectivity index (χ0) is 11.4. The van der Waals surface area contributed by atoms with Crippen LogP contribution in [0.4, 0.5) is 4.79 Å². The van der Waals surface area contributed by atoms with Crippen LogP contribution in [0.1, 0.15) is 25.7 Å². The molecule has 1 heterocycles. The van der Waals surface area contributed by atoms with Gasteiger partial charge >= 0.3 is 6.16 Å². The van der Waals surface area contributed by atoms with Crippen LogP contribution in [0.3, 0.4) is 0 Å². The van der Waals surface area contributed by atoms with E-state index >= 15 is 0 Å². The highest BCUT2D eigenvalue weighted by molar-refractivity contribution is 5.56. The zero-order valence-corrected chi connectivity index (χ0v) is 9.30. The van der Waals surface area contributed by atoms with Gasteiger partial charge in [0.2, 0.25) is 0 Å². The summed E-state index contributed by atoms with van der Waals surface area (Å²) in [6.45, 7) is 6.94. The molecular weight excluding hydrogens is 196 g/mol. The molecule has 0 saturated carbocycles. The van der Waals surface area contributed by atoms with Crippen LogP contribution < -0.4 is 4.57 Å². The zero-order valence-electron chi connectivity index (χ0n) is 9.30. The van der Waals surface area contributed by atoms with Crippen molar-refractivity contribution in [2.75, 3.05) is 6.61 Å². The highest BCUT2D eigenvalue weighted by Crippen LogP contribution is 2.05. The fourth-order valence-electron chi connectivity index (χ4n) is 1.53. The van der Waals surface area contributed by atoms with E-state index in [4.69, 9.17) is 5.11 Å². The minimum absolute atomic E-state index is 0.183. The molecule has 0 saturated heterocycles. The van der Waals surface area contributed by atoms with Crippen LogP contribution >= 0.6 is 0 Å². The van der Waals surface area contributed by atoms with Crippen LogP contribution in [0, 0.1) is 6.92 Å². The van der Waals surface area contributed by atoms with Gasteiger partial charge in [-0.15, -0.1) is 0 Å². The quantitative estimate of drug-likeness (QED) is 0.607. The molecular formula is C10H17N2O3+. The van der Waals surface area contributed by atoms with Crippen LogP contribution in [0.2, 0.25) is 0 Å². The molecule has 1 N–H and O–H groups in total. The van der Waals surface area contributed by atoms with Crippen LogP contribution in [0.5, 0.6) is 0 Å². The molecule has 0 aliphatic carbocycles. The predicted molar refractivity (Wildman–Crippen MR) is 53.7 cm³/mol. The number of hydrogen-bond donors (Lipinski definition) is 1. The first-order valence-electron chi connectivity index (χ1n) is 4.95. The number of imidazole rings is 1. The van der Waals surface area contributed by atoms with Gasteiger partial charge in [-0.2, -0.15) is 0 Å². The Balaban J connectivity index is 2.59. The standard InChI is InChI=1S/C10H16N2O3/c1-8(2)12-5-4-11(9(12)3)6-7-15-10(13)14/h4-5,8H,6-7H2,1-3H3/p+1. The van der Waals surface area contributed by atoms with E-state index in [1.165, 1.54) is 0 Å². The largest absolute Gasteiger partial charge is 0.505 e. The van der Waals surface area contributed by atoms with E-state index in [2.05, 4.69) is 23.2 Å².